The molecule has 4 nitrogen and oxygen atoms in total. The van der Waals surface area contributed by atoms with Gasteiger partial charge in [-0.1, -0.05) is 25.1 Å². The molecule has 0 saturated heterocycles. The number of halogens is 1. The van der Waals surface area contributed by atoms with Gasteiger partial charge in [-0.25, -0.2) is 4.79 Å². The summed E-state index contributed by atoms with van der Waals surface area (Å²) >= 11 is 5.94. The second-order valence-electron chi connectivity index (χ2n) is 4.03. The normalized spacial score (nSPS) is 14.0. The van der Waals surface area contributed by atoms with Gasteiger partial charge < -0.3 is 10.2 Å². The number of aliphatic hydroxyl groups is 1. The first kappa shape index (κ1) is 14.7. The number of carbonyl (C=O) groups excluding carboxylic acids is 1. The van der Waals surface area contributed by atoms with Gasteiger partial charge in [0.15, 0.2) is 11.9 Å². The lowest BCUT2D eigenvalue weighted by molar-refractivity contribution is -0.147. The SMILES string of the molecule is CCc1cc(C(Cl)C(C)=O)ccc1C(O)C(=O)O. The Balaban J connectivity index is 3.19. The fourth-order valence-electron chi connectivity index (χ4n) is 1.72. The predicted octanol–water partition coefficient (Wildman–Crippen LogP) is 2.24. The third kappa shape index (κ3) is 3.09. The molecule has 2 atom stereocenters. The molecule has 0 amide bonds. The van der Waals surface area contributed by atoms with Crippen LogP contribution in [0.15, 0.2) is 18.2 Å². The van der Waals surface area contributed by atoms with Gasteiger partial charge in [0.25, 0.3) is 0 Å². The van der Waals surface area contributed by atoms with Crippen LogP contribution in [0.1, 0.15) is 42.0 Å². The van der Waals surface area contributed by atoms with E-state index in [1.54, 1.807) is 12.1 Å². The predicted molar refractivity (Wildman–Crippen MR) is 67.7 cm³/mol. The first-order valence-electron chi connectivity index (χ1n) is 5.56. The highest BCUT2D eigenvalue weighted by atomic mass is 35.5. The van der Waals surface area contributed by atoms with Crippen molar-refractivity contribution < 1.29 is 19.8 Å². The summed E-state index contributed by atoms with van der Waals surface area (Å²) < 4.78 is 0. The van der Waals surface area contributed by atoms with E-state index < -0.39 is 17.5 Å². The molecule has 0 heterocycles. The van der Waals surface area contributed by atoms with E-state index in [1.807, 2.05) is 6.92 Å². The molecule has 0 spiro atoms. The van der Waals surface area contributed by atoms with Crippen molar-refractivity contribution >= 4 is 23.4 Å². The fourth-order valence-corrected chi connectivity index (χ4v) is 1.86. The van der Waals surface area contributed by atoms with Crippen LogP contribution in [-0.2, 0) is 16.0 Å². The van der Waals surface area contributed by atoms with Crippen LogP contribution in [0, 0.1) is 0 Å². The van der Waals surface area contributed by atoms with Crippen LogP contribution < -0.4 is 0 Å². The first-order valence-corrected chi connectivity index (χ1v) is 6.00. The third-order valence-corrected chi connectivity index (χ3v) is 3.29. The molecule has 98 valence electrons. The minimum Gasteiger partial charge on any atom is -0.479 e. The van der Waals surface area contributed by atoms with Gasteiger partial charge >= 0.3 is 5.97 Å². The van der Waals surface area contributed by atoms with E-state index in [1.165, 1.54) is 13.0 Å². The number of Topliss-reactive ketones (excluding diaryl/α,β-unsaturated/α-hetero) is 1. The van der Waals surface area contributed by atoms with E-state index in [0.717, 1.165) is 0 Å². The van der Waals surface area contributed by atoms with Crippen molar-refractivity contribution in [3.8, 4) is 0 Å². The van der Waals surface area contributed by atoms with Gasteiger partial charge in [0.2, 0.25) is 0 Å². The lowest BCUT2D eigenvalue weighted by Crippen LogP contribution is -2.13. The number of hydrogen-bond acceptors (Lipinski definition) is 3. The highest BCUT2D eigenvalue weighted by Crippen LogP contribution is 2.27. The topological polar surface area (TPSA) is 74.6 Å². The zero-order valence-electron chi connectivity index (χ0n) is 10.2. The van der Waals surface area contributed by atoms with Crippen molar-refractivity contribution in [2.24, 2.45) is 0 Å². The van der Waals surface area contributed by atoms with E-state index >= 15 is 0 Å². The molecule has 1 aromatic rings. The van der Waals surface area contributed by atoms with Crippen molar-refractivity contribution in [1.82, 2.24) is 0 Å². The maximum absolute atomic E-state index is 11.2. The summed E-state index contributed by atoms with van der Waals surface area (Å²) in [6.45, 7) is 3.23. The average Bonchev–Trinajstić information content (AvgIpc) is 2.35. The number of carboxylic acid groups (broad SMARTS) is 1. The van der Waals surface area contributed by atoms with Crippen molar-refractivity contribution in [2.75, 3.05) is 0 Å². The molecule has 2 N–H and O–H groups in total. The maximum atomic E-state index is 11.2. The summed E-state index contributed by atoms with van der Waals surface area (Å²) in [6.07, 6.45) is -1.00. The lowest BCUT2D eigenvalue weighted by Gasteiger charge is -2.14. The van der Waals surface area contributed by atoms with Crippen molar-refractivity contribution in [2.45, 2.75) is 31.7 Å². The largest absolute Gasteiger partial charge is 0.479 e. The number of carboxylic acids is 1. The molecule has 0 fully saturated rings. The van der Waals surface area contributed by atoms with Crippen LogP contribution in [0.25, 0.3) is 0 Å². The monoisotopic (exact) mass is 270 g/mol. The van der Waals surface area contributed by atoms with Crippen LogP contribution in [0.4, 0.5) is 0 Å². The molecule has 18 heavy (non-hydrogen) atoms. The number of ketones is 1. The summed E-state index contributed by atoms with van der Waals surface area (Å²) in [5, 5.41) is 17.6. The molecule has 0 radical (unpaired) electrons. The molecule has 1 rings (SSSR count). The highest BCUT2D eigenvalue weighted by molar-refractivity contribution is 6.30. The highest BCUT2D eigenvalue weighted by Gasteiger charge is 2.21. The number of carbonyl (C=O) groups is 2. The molecule has 0 saturated carbocycles. The summed E-state index contributed by atoms with van der Waals surface area (Å²) in [5.74, 6) is -1.48. The third-order valence-electron chi connectivity index (χ3n) is 2.73. The molecular weight excluding hydrogens is 256 g/mol. The second-order valence-corrected chi connectivity index (χ2v) is 4.46. The van der Waals surface area contributed by atoms with E-state index in [4.69, 9.17) is 16.7 Å². The summed E-state index contributed by atoms with van der Waals surface area (Å²) in [7, 11) is 0. The minimum atomic E-state index is -1.56. The number of rotatable bonds is 5. The Labute approximate surface area is 110 Å². The van der Waals surface area contributed by atoms with Crippen molar-refractivity contribution in [1.29, 1.82) is 0 Å². The number of alkyl halides is 1. The Morgan fingerprint density at radius 3 is 2.44 bits per heavy atom. The zero-order valence-corrected chi connectivity index (χ0v) is 10.9. The summed E-state index contributed by atoms with van der Waals surface area (Å²) in [5.41, 5.74) is 1.62. The van der Waals surface area contributed by atoms with E-state index in [0.29, 0.717) is 23.1 Å². The number of aliphatic carboxylic acids is 1. The number of benzene rings is 1. The Bertz CT molecular complexity index is 470. The molecule has 0 bridgehead atoms. The molecule has 5 heteroatoms. The van der Waals surface area contributed by atoms with Crippen molar-refractivity contribution in [3.63, 3.8) is 0 Å². The first-order chi connectivity index (χ1) is 8.38. The molecular formula is C13H15ClO4. The van der Waals surface area contributed by atoms with Gasteiger partial charge in [-0.3, -0.25) is 4.79 Å². The molecule has 0 aliphatic heterocycles. The Hall–Kier alpha value is -1.39. The average molecular weight is 271 g/mol. The number of aliphatic hydroxyl groups excluding tert-OH is 1. The summed E-state index contributed by atoms with van der Waals surface area (Å²) in [6, 6.07) is 4.74. The Kier molecular flexibility index (Phi) is 4.87. The van der Waals surface area contributed by atoms with Crippen LogP contribution in [0.3, 0.4) is 0 Å². The van der Waals surface area contributed by atoms with Gasteiger partial charge in [0.05, 0.1) is 0 Å². The van der Waals surface area contributed by atoms with E-state index in [9.17, 15) is 14.7 Å². The standard InChI is InChI=1S/C13H15ClO4/c1-3-8-6-9(11(14)7(2)15)4-5-10(8)12(16)13(17)18/h4-6,11-12,16H,3H2,1-2H3,(H,17,18). The van der Waals surface area contributed by atoms with Gasteiger partial charge in [0, 0.05) is 0 Å². The zero-order chi connectivity index (χ0) is 13.9. The maximum Gasteiger partial charge on any atom is 0.337 e. The molecule has 1 aromatic carbocycles. The van der Waals surface area contributed by atoms with Gasteiger partial charge in [-0.05, 0) is 30.0 Å². The molecule has 2 unspecified atom stereocenters. The minimum absolute atomic E-state index is 0.176. The van der Waals surface area contributed by atoms with Crippen LogP contribution in [-0.4, -0.2) is 22.0 Å². The second kappa shape index (κ2) is 5.98. The van der Waals surface area contributed by atoms with Gasteiger partial charge in [0.1, 0.15) is 5.38 Å². The van der Waals surface area contributed by atoms with E-state index in [2.05, 4.69) is 0 Å². The van der Waals surface area contributed by atoms with Crippen LogP contribution in [0.5, 0.6) is 0 Å². The fraction of sp³-hybridized carbons (Fsp3) is 0.385. The van der Waals surface area contributed by atoms with Crippen LogP contribution in [0.2, 0.25) is 0 Å². The smallest absolute Gasteiger partial charge is 0.337 e. The van der Waals surface area contributed by atoms with Gasteiger partial charge in [-0.2, -0.15) is 0 Å². The van der Waals surface area contributed by atoms with Crippen molar-refractivity contribution in [3.05, 3.63) is 34.9 Å². The number of hydrogen-bond donors (Lipinski definition) is 2. The van der Waals surface area contributed by atoms with E-state index in [-0.39, 0.29) is 5.78 Å². The Morgan fingerprint density at radius 2 is 2.00 bits per heavy atom. The number of aryl methyl sites for hydroxylation is 1. The molecule has 0 aliphatic carbocycles. The van der Waals surface area contributed by atoms with Crippen LogP contribution >= 0.6 is 11.6 Å². The lowest BCUT2D eigenvalue weighted by atomic mass is 9.96. The quantitative estimate of drug-likeness (QED) is 0.805. The van der Waals surface area contributed by atoms with Gasteiger partial charge in [-0.15, -0.1) is 11.6 Å². The molecule has 0 aliphatic rings. The summed E-state index contributed by atoms with van der Waals surface area (Å²) in [4.78, 5) is 22.0. The molecule has 0 aromatic heterocycles. The Morgan fingerprint density at radius 1 is 1.39 bits per heavy atom.